The van der Waals surface area contributed by atoms with Gasteiger partial charge in [0.25, 0.3) is 0 Å². The summed E-state index contributed by atoms with van der Waals surface area (Å²) in [5.41, 5.74) is 1.18. The van der Waals surface area contributed by atoms with Gasteiger partial charge < -0.3 is 5.32 Å². The smallest absolute Gasteiger partial charge is 0.240 e. The summed E-state index contributed by atoms with van der Waals surface area (Å²) in [5, 5.41) is 3.21. The first kappa shape index (κ1) is 17.4. The molecule has 1 aromatic rings. The minimum absolute atomic E-state index is 0. The van der Waals surface area contributed by atoms with Crippen molar-refractivity contribution in [3.05, 3.63) is 29.8 Å². The molecule has 4 nitrogen and oxygen atoms in total. The molecule has 0 aromatic heterocycles. The molecule has 1 aliphatic rings. The Morgan fingerprint density at radius 1 is 1.30 bits per heavy atom. The van der Waals surface area contributed by atoms with Crippen LogP contribution in [0.15, 0.2) is 29.2 Å². The van der Waals surface area contributed by atoms with Crippen molar-refractivity contribution in [3.63, 3.8) is 0 Å². The molecule has 2 N–H and O–H groups in total. The Morgan fingerprint density at radius 3 is 2.55 bits per heavy atom. The topological polar surface area (TPSA) is 58.2 Å². The number of aryl methyl sites for hydroxylation is 1. The van der Waals surface area contributed by atoms with Gasteiger partial charge >= 0.3 is 0 Å². The minimum Gasteiger partial charge on any atom is -0.315 e. The molecule has 20 heavy (non-hydrogen) atoms. The third kappa shape index (κ3) is 4.74. The summed E-state index contributed by atoms with van der Waals surface area (Å²) < 4.78 is 27.2. The van der Waals surface area contributed by atoms with Gasteiger partial charge in [0.2, 0.25) is 10.0 Å². The van der Waals surface area contributed by atoms with Gasteiger partial charge in [-0.1, -0.05) is 25.5 Å². The van der Waals surface area contributed by atoms with Gasteiger partial charge in [0.15, 0.2) is 0 Å². The van der Waals surface area contributed by atoms with Crippen LogP contribution in [0.3, 0.4) is 0 Å². The average Bonchev–Trinajstić information content (AvgIpc) is 2.40. The van der Waals surface area contributed by atoms with Crippen LogP contribution in [0, 0.1) is 0 Å². The fourth-order valence-corrected chi connectivity index (χ4v) is 3.63. The maximum Gasteiger partial charge on any atom is 0.240 e. The van der Waals surface area contributed by atoms with E-state index in [-0.39, 0.29) is 18.4 Å². The highest BCUT2D eigenvalue weighted by Crippen LogP contribution is 2.13. The molecule has 1 fully saturated rings. The molecule has 114 valence electrons. The van der Waals surface area contributed by atoms with Crippen LogP contribution in [0.5, 0.6) is 0 Å². The van der Waals surface area contributed by atoms with E-state index < -0.39 is 10.0 Å². The molecular weight excluding hydrogens is 296 g/mol. The fourth-order valence-electron chi connectivity index (χ4n) is 2.36. The zero-order chi connectivity index (χ0) is 13.7. The Balaban J connectivity index is 0.00000200. The average molecular weight is 319 g/mol. The Morgan fingerprint density at radius 2 is 2.00 bits per heavy atom. The van der Waals surface area contributed by atoms with Crippen LogP contribution in [0.2, 0.25) is 0 Å². The Bertz CT molecular complexity index is 496. The van der Waals surface area contributed by atoms with Gasteiger partial charge in [-0.05, 0) is 43.5 Å². The zero-order valence-corrected chi connectivity index (χ0v) is 13.4. The Hall–Kier alpha value is -0.620. The molecule has 1 atom stereocenters. The molecule has 1 aliphatic heterocycles. The van der Waals surface area contributed by atoms with E-state index in [9.17, 15) is 8.42 Å². The lowest BCUT2D eigenvalue weighted by atomic mass is 10.1. The highest BCUT2D eigenvalue weighted by atomic mass is 35.5. The first-order chi connectivity index (χ1) is 9.12. The number of sulfonamides is 1. The van der Waals surface area contributed by atoms with E-state index in [2.05, 4.69) is 17.0 Å². The molecule has 1 unspecified atom stereocenters. The molecule has 6 heteroatoms. The van der Waals surface area contributed by atoms with Crippen molar-refractivity contribution >= 4 is 22.4 Å². The predicted molar refractivity (Wildman–Crippen MR) is 83.9 cm³/mol. The predicted octanol–water partition coefficient (Wildman–Crippen LogP) is 2.09. The van der Waals surface area contributed by atoms with Gasteiger partial charge in [0.1, 0.15) is 0 Å². The third-order valence-corrected chi connectivity index (χ3v) is 4.93. The molecule has 0 radical (unpaired) electrons. The second-order valence-corrected chi connectivity index (χ2v) is 6.77. The van der Waals surface area contributed by atoms with Crippen LogP contribution in [0.25, 0.3) is 0 Å². The molecule has 0 bridgehead atoms. The van der Waals surface area contributed by atoms with Gasteiger partial charge in [-0.2, -0.15) is 0 Å². The number of benzene rings is 1. The molecule has 0 saturated carbocycles. The molecule has 1 heterocycles. The molecule has 2 rings (SSSR count). The second-order valence-electron chi connectivity index (χ2n) is 5.06. The first-order valence-corrected chi connectivity index (χ1v) is 8.42. The number of hydrogen-bond acceptors (Lipinski definition) is 3. The summed E-state index contributed by atoms with van der Waals surface area (Å²) >= 11 is 0. The highest BCUT2D eigenvalue weighted by molar-refractivity contribution is 7.89. The lowest BCUT2D eigenvalue weighted by molar-refractivity contribution is 0.428. The van der Waals surface area contributed by atoms with Crippen LogP contribution in [-0.2, 0) is 16.4 Å². The minimum atomic E-state index is -3.38. The van der Waals surface area contributed by atoms with Crippen molar-refractivity contribution in [2.45, 2.75) is 43.5 Å². The summed E-state index contributed by atoms with van der Waals surface area (Å²) in [6, 6.07) is 7.20. The van der Waals surface area contributed by atoms with Gasteiger partial charge in [-0.15, -0.1) is 12.4 Å². The molecule has 0 spiro atoms. The summed E-state index contributed by atoms with van der Waals surface area (Å²) in [4.78, 5) is 0.359. The van der Waals surface area contributed by atoms with Crippen molar-refractivity contribution in [3.8, 4) is 0 Å². The van der Waals surface area contributed by atoms with E-state index in [4.69, 9.17) is 0 Å². The van der Waals surface area contributed by atoms with Crippen molar-refractivity contribution in [2.24, 2.45) is 0 Å². The fraction of sp³-hybridized carbons (Fsp3) is 0.571. The zero-order valence-electron chi connectivity index (χ0n) is 11.8. The third-order valence-electron chi connectivity index (χ3n) is 3.39. The van der Waals surface area contributed by atoms with Gasteiger partial charge in [-0.3, -0.25) is 0 Å². The quantitative estimate of drug-likeness (QED) is 0.874. The van der Waals surface area contributed by atoms with Crippen LogP contribution in [0.4, 0.5) is 0 Å². The monoisotopic (exact) mass is 318 g/mol. The maximum atomic E-state index is 12.2. The normalized spacial score (nSPS) is 19.4. The first-order valence-electron chi connectivity index (χ1n) is 6.94. The second kappa shape index (κ2) is 7.98. The van der Waals surface area contributed by atoms with E-state index in [1.807, 2.05) is 12.1 Å². The number of halogens is 1. The highest BCUT2D eigenvalue weighted by Gasteiger charge is 2.21. The SMILES string of the molecule is CCCc1ccc(S(=O)(=O)NC2CCCNC2)cc1.Cl. The lowest BCUT2D eigenvalue weighted by Gasteiger charge is -2.23. The van der Waals surface area contributed by atoms with Gasteiger partial charge in [0, 0.05) is 12.6 Å². The lowest BCUT2D eigenvalue weighted by Crippen LogP contribution is -2.45. The summed E-state index contributed by atoms with van der Waals surface area (Å²) in [5.74, 6) is 0. The standard InChI is InChI=1S/C14H22N2O2S.ClH/c1-2-4-12-6-8-14(9-7-12)19(17,18)16-13-5-3-10-15-11-13;/h6-9,13,15-16H,2-5,10-11H2,1H3;1H. The van der Waals surface area contributed by atoms with Crippen molar-refractivity contribution in [1.82, 2.24) is 10.0 Å². The number of nitrogens with one attached hydrogen (secondary N) is 2. The van der Waals surface area contributed by atoms with Crippen molar-refractivity contribution in [1.29, 1.82) is 0 Å². The van der Waals surface area contributed by atoms with E-state index in [0.29, 0.717) is 11.4 Å². The van der Waals surface area contributed by atoms with E-state index >= 15 is 0 Å². The Kier molecular flexibility index (Phi) is 6.95. The van der Waals surface area contributed by atoms with Crippen molar-refractivity contribution < 1.29 is 8.42 Å². The van der Waals surface area contributed by atoms with E-state index in [0.717, 1.165) is 32.2 Å². The summed E-state index contributed by atoms with van der Waals surface area (Å²) in [6.07, 6.45) is 3.97. The van der Waals surface area contributed by atoms with Gasteiger partial charge in [-0.25, -0.2) is 13.1 Å². The summed E-state index contributed by atoms with van der Waals surface area (Å²) in [7, 11) is -3.38. The maximum absolute atomic E-state index is 12.2. The van der Waals surface area contributed by atoms with Crippen LogP contribution in [0.1, 0.15) is 31.7 Å². The largest absolute Gasteiger partial charge is 0.315 e. The number of rotatable bonds is 5. The molecule has 0 amide bonds. The van der Waals surface area contributed by atoms with Crippen LogP contribution >= 0.6 is 12.4 Å². The molecule has 1 aromatic carbocycles. The van der Waals surface area contributed by atoms with Crippen LogP contribution in [-0.4, -0.2) is 27.5 Å². The van der Waals surface area contributed by atoms with Gasteiger partial charge in [0.05, 0.1) is 4.90 Å². The molecular formula is C14H23ClN2O2S. The number of hydrogen-bond donors (Lipinski definition) is 2. The molecule has 0 aliphatic carbocycles. The number of piperidine rings is 1. The van der Waals surface area contributed by atoms with E-state index in [1.54, 1.807) is 12.1 Å². The molecule has 1 saturated heterocycles. The van der Waals surface area contributed by atoms with Crippen molar-refractivity contribution in [2.75, 3.05) is 13.1 Å². The Labute approximate surface area is 127 Å². The summed E-state index contributed by atoms with van der Waals surface area (Å²) in [6.45, 7) is 3.80. The van der Waals surface area contributed by atoms with Crippen LogP contribution < -0.4 is 10.0 Å². The van der Waals surface area contributed by atoms with E-state index in [1.165, 1.54) is 5.56 Å².